The topological polar surface area (TPSA) is 39.1 Å². The molecule has 7 heteroatoms. The zero-order valence-electron chi connectivity index (χ0n) is 10.5. The second-order valence-electron chi connectivity index (χ2n) is 3.90. The summed E-state index contributed by atoms with van der Waals surface area (Å²) in [5.41, 5.74) is 0.949. The van der Waals surface area contributed by atoms with Crippen LogP contribution in [0, 0.1) is 6.92 Å². The lowest BCUT2D eigenvalue weighted by atomic mass is 10.4. The first kappa shape index (κ1) is 15.0. The van der Waals surface area contributed by atoms with E-state index in [4.69, 9.17) is 0 Å². The van der Waals surface area contributed by atoms with Crippen LogP contribution in [0.5, 0.6) is 0 Å². The Hall–Kier alpha value is -1.08. The zero-order chi connectivity index (χ0) is 13.6. The minimum absolute atomic E-state index is 0.0236. The van der Waals surface area contributed by atoms with Crippen LogP contribution < -0.4 is 5.32 Å². The molecule has 1 N–H and O–H groups in total. The quantitative estimate of drug-likeness (QED) is 0.765. The highest BCUT2D eigenvalue weighted by Gasteiger charge is 2.27. The van der Waals surface area contributed by atoms with Crippen molar-refractivity contribution in [3.8, 4) is 0 Å². The van der Waals surface area contributed by atoms with Crippen molar-refractivity contribution < 1.29 is 17.9 Å². The zero-order valence-corrected chi connectivity index (χ0v) is 10.5. The minimum atomic E-state index is -4.27. The molecule has 0 spiro atoms. The Kier molecular flexibility index (Phi) is 5.61. The summed E-state index contributed by atoms with van der Waals surface area (Å²) in [4.78, 5) is 4.14. The molecule has 0 fully saturated rings. The van der Waals surface area contributed by atoms with E-state index in [0.717, 1.165) is 18.1 Å². The van der Waals surface area contributed by atoms with Crippen molar-refractivity contribution in [2.45, 2.75) is 33.1 Å². The normalized spacial score (nSPS) is 12.1. The van der Waals surface area contributed by atoms with E-state index in [2.05, 4.69) is 15.0 Å². The van der Waals surface area contributed by atoms with Crippen LogP contribution in [0.2, 0.25) is 0 Å². The number of hydrogen-bond acceptors (Lipinski definition) is 3. The average molecular weight is 265 g/mol. The van der Waals surface area contributed by atoms with Crippen molar-refractivity contribution in [2.24, 2.45) is 0 Å². The second kappa shape index (κ2) is 6.75. The number of aryl methyl sites for hydroxylation is 1. The summed E-state index contributed by atoms with van der Waals surface area (Å²) in [6, 6.07) is 0. The summed E-state index contributed by atoms with van der Waals surface area (Å²) in [7, 11) is 0. The molecule has 1 heterocycles. The molecule has 1 rings (SSSR count). The van der Waals surface area contributed by atoms with Crippen molar-refractivity contribution in [3.63, 3.8) is 0 Å². The smallest absolute Gasteiger partial charge is 0.370 e. The van der Waals surface area contributed by atoms with Gasteiger partial charge >= 0.3 is 6.18 Å². The van der Waals surface area contributed by atoms with Crippen molar-refractivity contribution in [1.29, 1.82) is 0 Å². The first-order valence-electron chi connectivity index (χ1n) is 5.80. The lowest BCUT2D eigenvalue weighted by molar-refractivity contribution is -0.174. The predicted molar refractivity (Wildman–Crippen MR) is 61.2 cm³/mol. The third-order valence-corrected chi connectivity index (χ3v) is 2.42. The molecule has 0 radical (unpaired) electrons. The molecule has 4 nitrogen and oxygen atoms in total. The summed E-state index contributed by atoms with van der Waals surface area (Å²) in [6.07, 6.45) is -2.54. The van der Waals surface area contributed by atoms with E-state index in [1.165, 1.54) is 0 Å². The Morgan fingerprint density at radius 1 is 1.44 bits per heavy atom. The molecular weight excluding hydrogens is 247 g/mol. The molecule has 0 bridgehead atoms. The number of hydrogen-bond donors (Lipinski definition) is 1. The molecule has 18 heavy (non-hydrogen) atoms. The number of nitrogens with zero attached hydrogens (tertiary/aromatic N) is 2. The summed E-state index contributed by atoms with van der Waals surface area (Å²) >= 11 is 0. The van der Waals surface area contributed by atoms with Crippen LogP contribution in [-0.4, -0.2) is 35.5 Å². The largest absolute Gasteiger partial charge is 0.411 e. The molecule has 1 aromatic rings. The standard InChI is InChI=1S/C11H18F3N3O/c1-3-15-6-10-7-16-9(2)17(10)4-5-18-8-11(12,13)14/h7,15H,3-6,8H2,1-2H3. The van der Waals surface area contributed by atoms with Gasteiger partial charge in [0.25, 0.3) is 0 Å². The Morgan fingerprint density at radius 3 is 2.78 bits per heavy atom. The van der Waals surface area contributed by atoms with E-state index in [0.29, 0.717) is 13.1 Å². The number of ether oxygens (including phenoxy) is 1. The number of halogens is 3. The monoisotopic (exact) mass is 265 g/mol. The van der Waals surface area contributed by atoms with Crippen LogP contribution >= 0.6 is 0 Å². The van der Waals surface area contributed by atoms with E-state index < -0.39 is 12.8 Å². The summed E-state index contributed by atoms with van der Waals surface area (Å²) in [6.45, 7) is 4.48. The third kappa shape index (κ3) is 5.05. The van der Waals surface area contributed by atoms with Crippen LogP contribution in [0.1, 0.15) is 18.4 Å². The molecule has 0 unspecified atom stereocenters. The van der Waals surface area contributed by atoms with E-state index in [1.807, 2.05) is 18.4 Å². The molecule has 104 valence electrons. The fourth-order valence-electron chi connectivity index (χ4n) is 1.56. The maximum Gasteiger partial charge on any atom is 0.411 e. The van der Waals surface area contributed by atoms with Gasteiger partial charge in [0.15, 0.2) is 0 Å². The van der Waals surface area contributed by atoms with E-state index >= 15 is 0 Å². The molecule has 1 aromatic heterocycles. The first-order valence-corrected chi connectivity index (χ1v) is 5.80. The first-order chi connectivity index (χ1) is 8.44. The average Bonchev–Trinajstić information content (AvgIpc) is 2.62. The number of rotatable bonds is 7. The van der Waals surface area contributed by atoms with Gasteiger partial charge in [0.2, 0.25) is 0 Å². The van der Waals surface area contributed by atoms with Gasteiger partial charge < -0.3 is 14.6 Å². The highest BCUT2D eigenvalue weighted by atomic mass is 19.4. The maximum atomic E-state index is 11.9. The van der Waals surface area contributed by atoms with Gasteiger partial charge in [0, 0.05) is 19.3 Å². The van der Waals surface area contributed by atoms with Crippen LogP contribution in [-0.2, 0) is 17.8 Å². The molecular formula is C11H18F3N3O. The van der Waals surface area contributed by atoms with Gasteiger partial charge in [-0.2, -0.15) is 13.2 Å². The highest BCUT2D eigenvalue weighted by molar-refractivity contribution is 5.04. The number of imidazole rings is 1. The summed E-state index contributed by atoms with van der Waals surface area (Å²) < 4.78 is 42.1. The van der Waals surface area contributed by atoms with Crippen molar-refractivity contribution >= 4 is 0 Å². The van der Waals surface area contributed by atoms with Gasteiger partial charge in [-0.25, -0.2) is 4.98 Å². The highest BCUT2D eigenvalue weighted by Crippen LogP contribution is 2.14. The second-order valence-corrected chi connectivity index (χ2v) is 3.90. The van der Waals surface area contributed by atoms with E-state index in [1.54, 1.807) is 6.20 Å². The Labute approximate surface area is 104 Å². The third-order valence-electron chi connectivity index (χ3n) is 2.42. The van der Waals surface area contributed by atoms with Gasteiger partial charge in [0.1, 0.15) is 12.4 Å². The molecule has 0 saturated carbocycles. The summed E-state index contributed by atoms with van der Waals surface area (Å²) in [5.74, 6) is 0.776. The number of nitrogens with one attached hydrogen (secondary N) is 1. The van der Waals surface area contributed by atoms with Gasteiger partial charge in [-0.3, -0.25) is 0 Å². The van der Waals surface area contributed by atoms with Crippen LogP contribution in [0.4, 0.5) is 13.2 Å². The molecule has 0 atom stereocenters. The van der Waals surface area contributed by atoms with Crippen molar-refractivity contribution in [1.82, 2.24) is 14.9 Å². The van der Waals surface area contributed by atoms with E-state index in [-0.39, 0.29) is 6.61 Å². The summed E-state index contributed by atoms with van der Waals surface area (Å²) in [5, 5.41) is 3.15. The van der Waals surface area contributed by atoms with Crippen LogP contribution in [0.15, 0.2) is 6.20 Å². The number of alkyl halides is 3. The maximum absolute atomic E-state index is 11.9. The van der Waals surface area contributed by atoms with Crippen LogP contribution in [0.3, 0.4) is 0 Å². The van der Waals surface area contributed by atoms with Gasteiger partial charge in [-0.15, -0.1) is 0 Å². The van der Waals surface area contributed by atoms with Crippen molar-refractivity contribution in [3.05, 3.63) is 17.7 Å². The minimum Gasteiger partial charge on any atom is -0.370 e. The van der Waals surface area contributed by atoms with Crippen molar-refractivity contribution in [2.75, 3.05) is 19.8 Å². The molecule has 0 saturated heterocycles. The Morgan fingerprint density at radius 2 is 2.17 bits per heavy atom. The molecule has 0 aliphatic rings. The van der Waals surface area contributed by atoms with Gasteiger partial charge in [0.05, 0.1) is 12.3 Å². The molecule has 0 aromatic carbocycles. The van der Waals surface area contributed by atoms with Gasteiger partial charge in [-0.05, 0) is 13.5 Å². The lowest BCUT2D eigenvalue weighted by Crippen LogP contribution is -2.21. The SMILES string of the molecule is CCNCc1cnc(C)n1CCOCC(F)(F)F. The van der Waals surface area contributed by atoms with E-state index in [9.17, 15) is 13.2 Å². The Balaban J connectivity index is 2.43. The fraction of sp³-hybridized carbons (Fsp3) is 0.727. The van der Waals surface area contributed by atoms with Gasteiger partial charge in [-0.1, -0.05) is 6.92 Å². The molecule has 0 aliphatic heterocycles. The predicted octanol–water partition coefficient (Wildman–Crippen LogP) is 1.88. The molecule has 0 aliphatic carbocycles. The number of aromatic nitrogens is 2. The fourth-order valence-corrected chi connectivity index (χ4v) is 1.56. The lowest BCUT2D eigenvalue weighted by Gasteiger charge is -2.12. The molecule has 0 amide bonds. The Bertz CT molecular complexity index is 363. The van der Waals surface area contributed by atoms with Crippen LogP contribution in [0.25, 0.3) is 0 Å².